The number of benzene rings is 1. The molecule has 0 radical (unpaired) electrons. The highest BCUT2D eigenvalue weighted by Crippen LogP contribution is 2.17. The van der Waals surface area contributed by atoms with Crippen LogP contribution in [-0.2, 0) is 4.79 Å². The Hall–Kier alpha value is -1.92. The third kappa shape index (κ3) is 4.84. The highest BCUT2D eigenvalue weighted by atomic mass is 32.2. The number of carbonyl (C=O) groups excluding carboxylic acids is 1. The molecule has 0 spiro atoms. The molecular weight excluding hydrogens is 291 g/mol. The molecule has 1 unspecified atom stereocenters. The zero-order chi connectivity index (χ0) is 15.1. The molecule has 0 bridgehead atoms. The Morgan fingerprint density at radius 2 is 2.00 bits per heavy atom. The van der Waals surface area contributed by atoms with Gasteiger partial charge in [-0.05, 0) is 18.2 Å². The van der Waals surface area contributed by atoms with Crippen LogP contribution in [0.3, 0.4) is 0 Å². The molecule has 2 rings (SSSR count). The van der Waals surface area contributed by atoms with Crippen LogP contribution in [0.1, 0.15) is 11.7 Å². The second-order valence-electron chi connectivity index (χ2n) is 4.31. The van der Waals surface area contributed by atoms with E-state index in [0.29, 0.717) is 0 Å². The molecule has 1 amide bonds. The van der Waals surface area contributed by atoms with E-state index in [0.717, 1.165) is 4.90 Å². The number of hydrogen-bond acceptors (Lipinski definition) is 4. The van der Waals surface area contributed by atoms with Crippen molar-refractivity contribution in [3.63, 3.8) is 0 Å². The number of thioether (sulfide) groups is 1. The highest BCUT2D eigenvalue weighted by molar-refractivity contribution is 8.00. The molecule has 1 atom stereocenters. The molecular formula is C15H15FN2O2S. The molecule has 6 heteroatoms. The number of carbonyl (C=O) groups is 1. The minimum Gasteiger partial charge on any atom is -0.386 e. The Balaban J connectivity index is 1.77. The lowest BCUT2D eigenvalue weighted by molar-refractivity contribution is -0.119. The van der Waals surface area contributed by atoms with Gasteiger partial charge >= 0.3 is 0 Å². The van der Waals surface area contributed by atoms with Gasteiger partial charge in [0.25, 0.3) is 0 Å². The average molecular weight is 306 g/mol. The van der Waals surface area contributed by atoms with E-state index in [-0.39, 0.29) is 23.8 Å². The Bertz CT molecular complexity index is 595. The normalized spacial score (nSPS) is 11.9. The van der Waals surface area contributed by atoms with Gasteiger partial charge in [0.2, 0.25) is 5.91 Å². The van der Waals surface area contributed by atoms with Gasteiger partial charge in [0, 0.05) is 29.4 Å². The molecule has 2 aromatic rings. The van der Waals surface area contributed by atoms with Crippen LogP contribution < -0.4 is 5.32 Å². The summed E-state index contributed by atoms with van der Waals surface area (Å²) in [5, 5.41) is 12.5. The monoisotopic (exact) mass is 306 g/mol. The molecule has 21 heavy (non-hydrogen) atoms. The second-order valence-corrected chi connectivity index (χ2v) is 5.36. The van der Waals surface area contributed by atoms with Crippen LogP contribution in [0.2, 0.25) is 0 Å². The first kappa shape index (κ1) is 15.5. The first-order chi connectivity index (χ1) is 10.2. The van der Waals surface area contributed by atoms with Crippen molar-refractivity contribution in [2.45, 2.75) is 11.0 Å². The predicted octanol–water partition coefficient (Wildman–Crippen LogP) is 2.16. The van der Waals surface area contributed by atoms with Gasteiger partial charge in [-0.25, -0.2) is 4.39 Å². The summed E-state index contributed by atoms with van der Waals surface area (Å²) in [5.41, 5.74) is 0.180. The summed E-state index contributed by atoms with van der Waals surface area (Å²) in [5.74, 6) is -0.466. The molecule has 1 heterocycles. The number of halogens is 1. The van der Waals surface area contributed by atoms with E-state index in [1.165, 1.54) is 23.9 Å². The van der Waals surface area contributed by atoms with Crippen LogP contribution in [0.5, 0.6) is 0 Å². The third-order valence-electron chi connectivity index (χ3n) is 2.78. The van der Waals surface area contributed by atoms with E-state index in [4.69, 9.17) is 0 Å². The maximum absolute atomic E-state index is 13.5. The van der Waals surface area contributed by atoms with Crippen LogP contribution in [0.15, 0.2) is 53.7 Å². The van der Waals surface area contributed by atoms with Crippen LogP contribution >= 0.6 is 11.8 Å². The maximum atomic E-state index is 13.5. The van der Waals surface area contributed by atoms with E-state index in [9.17, 15) is 14.3 Å². The minimum atomic E-state index is -1.05. The van der Waals surface area contributed by atoms with E-state index in [1.807, 2.05) is 12.1 Å². The topological polar surface area (TPSA) is 62.2 Å². The van der Waals surface area contributed by atoms with Crippen LogP contribution in [0, 0.1) is 5.82 Å². The fraction of sp³-hybridized carbons (Fsp3) is 0.200. The quantitative estimate of drug-likeness (QED) is 0.803. The van der Waals surface area contributed by atoms with E-state index in [2.05, 4.69) is 10.3 Å². The summed E-state index contributed by atoms with van der Waals surface area (Å²) < 4.78 is 13.5. The summed E-state index contributed by atoms with van der Waals surface area (Å²) in [6.07, 6.45) is 2.26. The van der Waals surface area contributed by atoms with Gasteiger partial charge in [0.05, 0.1) is 11.9 Å². The molecule has 1 aromatic carbocycles. The van der Waals surface area contributed by atoms with Gasteiger partial charge in [-0.2, -0.15) is 0 Å². The van der Waals surface area contributed by atoms with Gasteiger partial charge in [-0.1, -0.05) is 18.2 Å². The fourth-order valence-corrected chi connectivity index (χ4v) is 2.41. The summed E-state index contributed by atoms with van der Waals surface area (Å²) >= 11 is 1.37. The van der Waals surface area contributed by atoms with Crippen molar-refractivity contribution < 1.29 is 14.3 Å². The molecule has 2 N–H and O–H groups in total. The van der Waals surface area contributed by atoms with Crippen molar-refractivity contribution in [1.82, 2.24) is 10.3 Å². The Morgan fingerprint density at radius 3 is 2.71 bits per heavy atom. The minimum absolute atomic E-state index is 0.0172. The molecule has 0 saturated heterocycles. The Labute approximate surface area is 126 Å². The number of nitrogens with one attached hydrogen (secondary N) is 1. The van der Waals surface area contributed by atoms with Gasteiger partial charge in [0.1, 0.15) is 5.82 Å². The van der Waals surface area contributed by atoms with Crippen molar-refractivity contribution in [1.29, 1.82) is 0 Å². The molecule has 0 fully saturated rings. The van der Waals surface area contributed by atoms with Crippen molar-refractivity contribution in [3.8, 4) is 0 Å². The van der Waals surface area contributed by atoms with Crippen molar-refractivity contribution in [2.75, 3.05) is 12.3 Å². The standard InChI is InChI=1S/C15H15FN2O2S/c16-13-4-2-1-3-12(13)14(19)9-18-15(20)10-21-11-5-7-17-8-6-11/h1-8,14,19H,9-10H2,(H,18,20). The second kappa shape index (κ2) is 7.75. The van der Waals surface area contributed by atoms with Crippen molar-refractivity contribution in [3.05, 3.63) is 60.2 Å². The van der Waals surface area contributed by atoms with E-state index >= 15 is 0 Å². The summed E-state index contributed by atoms with van der Waals surface area (Å²) in [6.45, 7) is -0.0172. The number of rotatable bonds is 6. The maximum Gasteiger partial charge on any atom is 0.230 e. The molecule has 110 valence electrons. The number of amides is 1. The molecule has 4 nitrogen and oxygen atoms in total. The van der Waals surface area contributed by atoms with Gasteiger partial charge in [-0.15, -0.1) is 11.8 Å². The summed E-state index contributed by atoms with van der Waals surface area (Å²) in [6, 6.07) is 9.59. The summed E-state index contributed by atoms with van der Waals surface area (Å²) in [4.78, 5) is 16.5. The number of pyridine rings is 1. The Morgan fingerprint density at radius 1 is 1.29 bits per heavy atom. The zero-order valence-corrected chi connectivity index (χ0v) is 12.0. The van der Waals surface area contributed by atoms with E-state index in [1.54, 1.807) is 24.5 Å². The van der Waals surface area contributed by atoms with Gasteiger partial charge in [0.15, 0.2) is 0 Å². The van der Waals surface area contributed by atoms with E-state index < -0.39 is 11.9 Å². The zero-order valence-electron chi connectivity index (χ0n) is 11.2. The molecule has 0 aliphatic carbocycles. The van der Waals surface area contributed by atoms with Gasteiger partial charge < -0.3 is 10.4 Å². The lowest BCUT2D eigenvalue weighted by Crippen LogP contribution is -2.30. The lowest BCUT2D eigenvalue weighted by atomic mass is 10.1. The fourth-order valence-electron chi connectivity index (χ4n) is 1.70. The van der Waals surface area contributed by atoms with Crippen LogP contribution in [0.25, 0.3) is 0 Å². The highest BCUT2D eigenvalue weighted by Gasteiger charge is 2.13. The molecule has 0 saturated carbocycles. The molecule has 0 aliphatic heterocycles. The smallest absolute Gasteiger partial charge is 0.230 e. The first-order valence-corrected chi connectivity index (χ1v) is 7.37. The molecule has 1 aromatic heterocycles. The summed E-state index contributed by atoms with van der Waals surface area (Å²) in [7, 11) is 0. The number of aromatic nitrogens is 1. The SMILES string of the molecule is O=C(CSc1ccncc1)NCC(O)c1ccccc1F. The van der Waals surface area contributed by atoms with Crippen LogP contribution in [0.4, 0.5) is 4.39 Å². The van der Waals surface area contributed by atoms with Gasteiger partial charge in [-0.3, -0.25) is 9.78 Å². The number of aliphatic hydroxyl groups is 1. The molecule has 0 aliphatic rings. The van der Waals surface area contributed by atoms with Crippen LogP contribution in [-0.4, -0.2) is 28.3 Å². The van der Waals surface area contributed by atoms with Crippen molar-refractivity contribution >= 4 is 17.7 Å². The predicted molar refractivity (Wildman–Crippen MR) is 79.3 cm³/mol. The number of nitrogens with zero attached hydrogens (tertiary/aromatic N) is 1. The third-order valence-corrected chi connectivity index (χ3v) is 3.79. The largest absolute Gasteiger partial charge is 0.386 e. The number of aliphatic hydroxyl groups excluding tert-OH is 1. The number of hydrogen-bond donors (Lipinski definition) is 2. The first-order valence-electron chi connectivity index (χ1n) is 6.39. The lowest BCUT2D eigenvalue weighted by Gasteiger charge is -2.12. The Kier molecular flexibility index (Phi) is 5.71. The average Bonchev–Trinajstić information content (AvgIpc) is 2.52. The van der Waals surface area contributed by atoms with Crippen molar-refractivity contribution in [2.24, 2.45) is 0 Å².